The van der Waals surface area contributed by atoms with E-state index in [1.54, 1.807) is 36.4 Å². The van der Waals surface area contributed by atoms with Gasteiger partial charge in [-0.05, 0) is 42.5 Å². The van der Waals surface area contributed by atoms with Crippen LogP contribution in [0.5, 0.6) is 0 Å². The van der Waals surface area contributed by atoms with E-state index in [1.165, 1.54) is 13.2 Å². The van der Waals surface area contributed by atoms with Crippen LogP contribution in [0.3, 0.4) is 0 Å². The lowest BCUT2D eigenvalue weighted by Crippen LogP contribution is -2.15. The summed E-state index contributed by atoms with van der Waals surface area (Å²) in [6.45, 7) is 0. The molecule has 4 nitrogen and oxygen atoms in total. The van der Waals surface area contributed by atoms with E-state index in [1.807, 2.05) is 0 Å². The normalized spacial score (nSPS) is 10.0. The lowest BCUT2D eigenvalue weighted by atomic mass is 10.1. The fraction of sp³-hybridized carbons (Fsp3) is 0.0667. The summed E-state index contributed by atoms with van der Waals surface area (Å²) in [6.07, 6.45) is 0. The number of hydrogen-bond donors (Lipinski definition) is 1. The Bertz CT molecular complexity index is 686. The van der Waals surface area contributed by atoms with Gasteiger partial charge in [-0.15, -0.1) is 0 Å². The summed E-state index contributed by atoms with van der Waals surface area (Å²) in [7, 11) is 1.27. The molecule has 0 radical (unpaired) electrons. The number of carbonyl (C=O) groups is 2. The van der Waals surface area contributed by atoms with E-state index in [0.29, 0.717) is 16.3 Å². The molecule has 2 rings (SSSR count). The number of ether oxygens (including phenoxy) is 1. The molecule has 0 saturated carbocycles. The van der Waals surface area contributed by atoms with Crippen molar-refractivity contribution < 1.29 is 14.3 Å². The molecule has 0 bridgehead atoms. The predicted molar refractivity (Wildman–Crippen MR) is 84.9 cm³/mol. The third kappa shape index (κ3) is 3.83. The van der Waals surface area contributed by atoms with Crippen LogP contribution in [-0.4, -0.2) is 19.0 Å². The lowest BCUT2D eigenvalue weighted by Gasteiger charge is -2.10. The number of methoxy groups -OCH3 is 1. The third-order valence-corrected chi connectivity index (χ3v) is 3.51. The van der Waals surface area contributed by atoms with Gasteiger partial charge >= 0.3 is 5.97 Å². The number of halogens is 2. The number of benzene rings is 2. The minimum Gasteiger partial charge on any atom is -0.465 e. The third-order valence-electron chi connectivity index (χ3n) is 2.74. The van der Waals surface area contributed by atoms with Crippen molar-refractivity contribution in [2.75, 3.05) is 12.4 Å². The Morgan fingerprint density at radius 1 is 1.14 bits per heavy atom. The van der Waals surface area contributed by atoms with Gasteiger partial charge in [0.25, 0.3) is 5.91 Å². The molecule has 0 aliphatic heterocycles. The highest BCUT2D eigenvalue weighted by atomic mass is 79.9. The number of esters is 1. The number of carbonyl (C=O) groups excluding carboxylic acids is 2. The fourth-order valence-corrected chi connectivity index (χ4v) is 2.14. The summed E-state index contributed by atoms with van der Waals surface area (Å²) in [5, 5.41) is 3.06. The molecule has 108 valence electrons. The van der Waals surface area contributed by atoms with Gasteiger partial charge in [0.05, 0.1) is 18.4 Å². The molecular weight excluding hydrogens is 358 g/mol. The monoisotopic (exact) mass is 367 g/mol. The molecule has 21 heavy (non-hydrogen) atoms. The summed E-state index contributed by atoms with van der Waals surface area (Å²) in [5.41, 5.74) is 1.03. The maximum absolute atomic E-state index is 12.2. The van der Waals surface area contributed by atoms with E-state index in [-0.39, 0.29) is 11.5 Å². The van der Waals surface area contributed by atoms with Crippen LogP contribution in [-0.2, 0) is 4.74 Å². The molecule has 1 amide bonds. The molecule has 0 aliphatic carbocycles. The standard InChI is InChI=1S/C15H11BrClNO3/c1-21-15(20)12-8-11(17)6-7-13(12)18-14(19)9-2-4-10(16)5-3-9/h2-8H,1H3,(H,18,19). The van der Waals surface area contributed by atoms with Gasteiger partial charge in [0.2, 0.25) is 0 Å². The zero-order valence-electron chi connectivity index (χ0n) is 11.0. The van der Waals surface area contributed by atoms with Crippen molar-refractivity contribution >= 4 is 45.1 Å². The largest absolute Gasteiger partial charge is 0.465 e. The first-order valence-electron chi connectivity index (χ1n) is 5.96. The average molecular weight is 369 g/mol. The molecular formula is C15H11BrClNO3. The first kappa shape index (κ1) is 15.5. The maximum Gasteiger partial charge on any atom is 0.340 e. The minimum atomic E-state index is -0.566. The van der Waals surface area contributed by atoms with Crippen molar-refractivity contribution in [1.82, 2.24) is 0 Å². The van der Waals surface area contributed by atoms with Crippen LogP contribution in [0.4, 0.5) is 5.69 Å². The summed E-state index contributed by atoms with van der Waals surface area (Å²) in [5.74, 6) is -0.890. The van der Waals surface area contributed by atoms with Crippen LogP contribution >= 0.6 is 27.5 Å². The van der Waals surface area contributed by atoms with Gasteiger partial charge in [-0.1, -0.05) is 27.5 Å². The molecule has 0 spiro atoms. The van der Waals surface area contributed by atoms with Crippen LogP contribution in [0.1, 0.15) is 20.7 Å². The second kappa shape index (κ2) is 6.74. The predicted octanol–water partition coefficient (Wildman–Crippen LogP) is 4.14. The summed E-state index contributed by atoms with van der Waals surface area (Å²) in [6, 6.07) is 11.5. The van der Waals surface area contributed by atoms with Crippen LogP contribution < -0.4 is 5.32 Å². The molecule has 0 saturated heterocycles. The molecule has 0 aromatic heterocycles. The highest BCUT2D eigenvalue weighted by molar-refractivity contribution is 9.10. The molecule has 0 unspecified atom stereocenters. The maximum atomic E-state index is 12.2. The summed E-state index contributed by atoms with van der Waals surface area (Å²) >= 11 is 9.16. The highest BCUT2D eigenvalue weighted by Crippen LogP contribution is 2.22. The van der Waals surface area contributed by atoms with Gasteiger partial charge in [-0.3, -0.25) is 4.79 Å². The topological polar surface area (TPSA) is 55.4 Å². The summed E-state index contributed by atoms with van der Waals surface area (Å²) in [4.78, 5) is 23.9. The Hall–Kier alpha value is -1.85. The molecule has 1 N–H and O–H groups in total. The average Bonchev–Trinajstić information content (AvgIpc) is 2.48. The second-order valence-electron chi connectivity index (χ2n) is 4.14. The summed E-state index contributed by atoms with van der Waals surface area (Å²) < 4.78 is 5.56. The molecule has 2 aromatic rings. The van der Waals surface area contributed by atoms with Crippen molar-refractivity contribution in [3.8, 4) is 0 Å². The smallest absolute Gasteiger partial charge is 0.340 e. The number of amides is 1. The molecule has 0 fully saturated rings. The van der Waals surface area contributed by atoms with Crippen LogP contribution in [0.25, 0.3) is 0 Å². The van der Waals surface area contributed by atoms with Gasteiger partial charge in [0.15, 0.2) is 0 Å². The first-order valence-corrected chi connectivity index (χ1v) is 7.13. The highest BCUT2D eigenvalue weighted by Gasteiger charge is 2.15. The Balaban J connectivity index is 2.28. The van der Waals surface area contributed by atoms with Crippen molar-refractivity contribution in [2.24, 2.45) is 0 Å². The van der Waals surface area contributed by atoms with Gasteiger partial charge < -0.3 is 10.1 Å². The van der Waals surface area contributed by atoms with Gasteiger partial charge in [-0.2, -0.15) is 0 Å². The first-order chi connectivity index (χ1) is 10.0. The quantitative estimate of drug-likeness (QED) is 0.828. The van der Waals surface area contributed by atoms with E-state index >= 15 is 0 Å². The molecule has 0 heterocycles. The SMILES string of the molecule is COC(=O)c1cc(Cl)ccc1NC(=O)c1ccc(Br)cc1. The van der Waals surface area contributed by atoms with Crippen LogP contribution in [0.2, 0.25) is 5.02 Å². The molecule has 2 aromatic carbocycles. The number of hydrogen-bond acceptors (Lipinski definition) is 3. The molecule has 6 heteroatoms. The molecule has 0 aliphatic rings. The van der Waals surface area contributed by atoms with Gasteiger partial charge in [0, 0.05) is 15.1 Å². The zero-order chi connectivity index (χ0) is 15.4. The van der Waals surface area contributed by atoms with Crippen molar-refractivity contribution in [1.29, 1.82) is 0 Å². The lowest BCUT2D eigenvalue weighted by molar-refractivity contribution is 0.0602. The fourth-order valence-electron chi connectivity index (χ4n) is 1.70. The van der Waals surface area contributed by atoms with Crippen LogP contribution in [0, 0.1) is 0 Å². The van der Waals surface area contributed by atoms with E-state index in [4.69, 9.17) is 11.6 Å². The van der Waals surface area contributed by atoms with E-state index in [0.717, 1.165) is 4.47 Å². The van der Waals surface area contributed by atoms with Crippen molar-refractivity contribution in [3.05, 3.63) is 63.1 Å². The van der Waals surface area contributed by atoms with Crippen LogP contribution in [0.15, 0.2) is 46.9 Å². The number of rotatable bonds is 3. The van der Waals surface area contributed by atoms with E-state index in [9.17, 15) is 9.59 Å². The second-order valence-corrected chi connectivity index (χ2v) is 5.49. The van der Waals surface area contributed by atoms with Crippen molar-refractivity contribution in [2.45, 2.75) is 0 Å². The Labute approximate surface area is 135 Å². The van der Waals surface area contributed by atoms with Gasteiger partial charge in [-0.25, -0.2) is 4.79 Å². The Morgan fingerprint density at radius 3 is 2.43 bits per heavy atom. The zero-order valence-corrected chi connectivity index (χ0v) is 13.4. The minimum absolute atomic E-state index is 0.204. The Morgan fingerprint density at radius 2 is 1.81 bits per heavy atom. The van der Waals surface area contributed by atoms with E-state index in [2.05, 4.69) is 26.0 Å². The number of nitrogens with one attached hydrogen (secondary N) is 1. The van der Waals surface area contributed by atoms with Gasteiger partial charge in [0.1, 0.15) is 0 Å². The Kier molecular flexibility index (Phi) is 4.98. The molecule has 0 atom stereocenters. The number of anilines is 1. The van der Waals surface area contributed by atoms with Crippen molar-refractivity contribution in [3.63, 3.8) is 0 Å². The van der Waals surface area contributed by atoms with E-state index < -0.39 is 5.97 Å².